The molecule has 0 radical (unpaired) electrons. The van der Waals surface area contributed by atoms with E-state index in [2.05, 4.69) is 9.69 Å². The zero-order chi connectivity index (χ0) is 27.3. The first-order valence-electron chi connectivity index (χ1n) is 11.7. The fourth-order valence-corrected chi connectivity index (χ4v) is 4.44. The number of nitrogens with one attached hydrogen (secondary N) is 1. The van der Waals surface area contributed by atoms with Crippen molar-refractivity contribution in [3.8, 4) is 0 Å². The van der Waals surface area contributed by atoms with E-state index < -0.39 is 29.6 Å². The Morgan fingerprint density at radius 3 is 2.30 bits per heavy atom. The predicted molar refractivity (Wildman–Crippen MR) is 144 cm³/mol. The second-order valence-electron chi connectivity index (χ2n) is 9.16. The molecule has 1 atom stereocenters. The first-order chi connectivity index (χ1) is 17.5. The van der Waals surface area contributed by atoms with Crippen LogP contribution in [0.2, 0.25) is 0 Å². The van der Waals surface area contributed by atoms with Crippen LogP contribution in [0.25, 0.3) is 0 Å². The third kappa shape index (κ3) is 6.42. The zero-order valence-electron chi connectivity index (χ0n) is 21.2. The van der Waals surface area contributed by atoms with Crippen LogP contribution in [0.5, 0.6) is 0 Å². The summed E-state index contributed by atoms with van der Waals surface area (Å²) in [6.07, 6.45) is 0.732. The highest BCUT2D eigenvalue weighted by atomic mass is 32.1. The average molecular weight is 527 g/mol. The maximum Gasteiger partial charge on any atom is 0.273 e. The third-order valence-corrected chi connectivity index (χ3v) is 6.56. The molecule has 0 aliphatic carbocycles. The maximum atomic E-state index is 14.3. The van der Waals surface area contributed by atoms with Gasteiger partial charge in [0.25, 0.3) is 11.8 Å². The molecule has 0 bridgehead atoms. The number of hydrogen-bond acceptors (Lipinski definition) is 7. The Hall–Kier alpha value is -3.99. The molecule has 9 nitrogen and oxygen atoms in total. The van der Waals surface area contributed by atoms with Gasteiger partial charge in [-0.15, -0.1) is 0 Å². The number of amides is 3. The number of halogens is 1. The van der Waals surface area contributed by atoms with E-state index in [1.54, 1.807) is 12.1 Å². The Labute approximate surface area is 219 Å². The molecule has 0 saturated carbocycles. The fourth-order valence-electron chi connectivity index (χ4n) is 3.70. The van der Waals surface area contributed by atoms with E-state index in [1.165, 1.54) is 23.1 Å². The summed E-state index contributed by atoms with van der Waals surface area (Å²) in [4.78, 5) is 42.3. The molecular formula is C26H31FN6O3S. The molecule has 3 rings (SSSR count). The van der Waals surface area contributed by atoms with Gasteiger partial charge < -0.3 is 21.7 Å². The first-order valence-corrected chi connectivity index (χ1v) is 12.5. The molecule has 0 aliphatic heterocycles. The number of nitrogen functional groups attached to an aromatic ring is 1. The van der Waals surface area contributed by atoms with Gasteiger partial charge in [0.05, 0.1) is 5.69 Å². The number of hydrogen-bond donors (Lipinski definition) is 3. The quantitative estimate of drug-likeness (QED) is 0.370. The van der Waals surface area contributed by atoms with Gasteiger partial charge in [0.15, 0.2) is 5.69 Å². The molecule has 0 aliphatic rings. The minimum absolute atomic E-state index is 0.0806. The highest BCUT2D eigenvalue weighted by molar-refractivity contribution is 7.09. The van der Waals surface area contributed by atoms with Crippen LogP contribution in [0.4, 0.5) is 21.5 Å². The number of anilines is 3. The van der Waals surface area contributed by atoms with Gasteiger partial charge in [-0.2, -0.15) is 4.37 Å². The van der Waals surface area contributed by atoms with Crippen molar-refractivity contribution in [3.05, 3.63) is 70.5 Å². The average Bonchev–Trinajstić information content (AvgIpc) is 3.23. The van der Waals surface area contributed by atoms with Gasteiger partial charge in [0, 0.05) is 32.0 Å². The van der Waals surface area contributed by atoms with Crippen molar-refractivity contribution in [1.29, 1.82) is 0 Å². The highest BCUT2D eigenvalue weighted by Gasteiger charge is 2.36. The second kappa shape index (κ2) is 11.8. The SMILES string of the molecule is CC(C)CCNC(=O)[C@H](c1ccc(N(C)C)cc1)N(C(=O)c1snc(C(N)=O)c1N)c1cccc(F)c1. The van der Waals surface area contributed by atoms with Crippen molar-refractivity contribution < 1.29 is 18.8 Å². The summed E-state index contributed by atoms with van der Waals surface area (Å²) in [7, 11) is 3.77. The lowest BCUT2D eigenvalue weighted by Gasteiger charge is -2.31. The predicted octanol–water partition coefficient (Wildman–Crippen LogP) is 3.58. The van der Waals surface area contributed by atoms with Crippen molar-refractivity contribution in [2.24, 2.45) is 11.7 Å². The Bertz CT molecular complexity index is 1280. The van der Waals surface area contributed by atoms with E-state index >= 15 is 0 Å². The lowest BCUT2D eigenvalue weighted by Crippen LogP contribution is -2.44. The molecule has 0 saturated heterocycles. The zero-order valence-corrected chi connectivity index (χ0v) is 22.0. The van der Waals surface area contributed by atoms with Crippen LogP contribution in [0.3, 0.4) is 0 Å². The molecule has 5 N–H and O–H groups in total. The summed E-state index contributed by atoms with van der Waals surface area (Å²) in [5, 5.41) is 2.90. The normalized spacial score (nSPS) is 11.7. The molecule has 2 aromatic carbocycles. The number of carbonyl (C=O) groups is 3. The summed E-state index contributed by atoms with van der Waals surface area (Å²) in [5.41, 5.74) is 12.5. The summed E-state index contributed by atoms with van der Waals surface area (Å²) in [6, 6.07) is 11.3. The summed E-state index contributed by atoms with van der Waals surface area (Å²) in [5.74, 6) is -2.29. The second-order valence-corrected chi connectivity index (χ2v) is 9.93. The lowest BCUT2D eigenvalue weighted by molar-refractivity contribution is -0.122. The van der Waals surface area contributed by atoms with Crippen LogP contribution < -0.4 is 26.6 Å². The van der Waals surface area contributed by atoms with Gasteiger partial charge in [-0.1, -0.05) is 32.0 Å². The van der Waals surface area contributed by atoms with E-state index in [-0.39, 0.29) is 21.9 Å². The van der Waals surface area contributed by atoms with Crippen LogP contribution in [0.15, 0.2) is 48.5 Å². The van der Waals surface area contributed by atoms with Crippen LogP contribution in [-0.4, -0.2) is 42.7 Å². The molecule has 3 aromatic rings. The molecule has 37 heavy (non-hydrogen) atoms. The van der Waals surface area contributed by atoms with Crippen molar-refractivity contribution in [2.45, 2.75) is 26.3 Å². The first kappa shape index (κ1) is 27.6. The standard InChI is InChI=1S/C26H31FN6O3S/c1-15(2)12-13-30-25(35)22(16-8-10-18(11-9-16)32(3)4)33(19-7-5-6-17(27)14-19)26(36)23-20(28)21(24(29)34)31-37-23/h5-11,14-15,22H,12-13,28H2,1-4H3,(H2,29,34)(H,30,35)/t22-/m0/s1. The van der Waals surface area contributed by atoms with Gasteiger partial charge in [0.1, 0.15) is 16.7 Å². The van der Waals surface area contributed by atoms with Gasteiger partial charge in [-0.3, -0.25) is 19.3 Å². The van der Waals surface area contributed by atoms with Crippen molar-refractivity contribution >= 4 is 46.3 Å². The number of nitrogens with zero attached hydrogens (tertiary/aromatic N) is 3. The van der Waals surface area contributed by atoms with Gasteiger partial charge >= 0.3 is 0 Å². The molecule has 0 fully saturated rings. The van der Waals surface area contributed by atoms with Crippen LogP contribution in [0.1, 0.15) is 52.0 Å². The van der Waals surface area contributed by atoms with E-state index in [9.17, 15) is 18.8 Å². The smallest absolute Gasteiger partial charge is 0.273 e. The van der Waals surface area contributed by atoms with Crippen molar-refractivity contribution in [1.82, 2.24) is 9.69 Å². The largest absolute Gasteiger partial charge is 0.395 e. The Morgan fingerprint density at radius 1 is 1.08 bits per heavy atom. The number of carbonyl (C=O) groups excluding carboxylic acids is 3. The Morgan fingerprint density at radius 2 is 1.76 bits per heavy atom. The fraction of sp³-hybridized carbons (Fsp3) is 0.308. The van der Waals surface area contributed by atoms with E-state index in [0.717, 1.165) is 18.2 Å². The minimum Gasteiger partial charge on any atom is -0.395 e. The number of primary amides is 1. The third-order valence-electron chi connectivity index (χ3n) is 5.71. The van der Waals surface area contributed by atoms with Crippen LogP contribution >= 0.6 is 11.5 Å². The van der Waals surface area contributed by atoms with Crippen molar-refractivity contribution in [3.63, 3.8) is 0 Å². The molecular weight excluding hydrogens is 495 g/mol. The highest BCUT2D eigenvalue weighted by Crippen LogP contribution is 2.34. The van der Waals surface area contributed by atoms with Crippen LogP contribution in [0, 0.1) is 11.7 Å². The number of benzene rings is 2. The number of aromatic nitrogens is 1. The number of rotatable bonds is 10. The summed E-state index contributed by atoms with van der Waals surface area (Å²) in [6.45, 7) is 4.46. The van der Waals surface area contributed by atoms with E-state index in [4.69, 9.17) is 11.5 Å². The molecule has 0 unspecified atom stereocenters. The van der Waals surface area contributed by atoms with Gasteiger partial charge in [-0.25, -0.2) is 4.39 Å². The topological polar surface area (TPSA) is 135 Å². The molecule has 1 heterocycles. The summed E-state index contributed by atoms with van der Waals surface area (Å²) >= 11 is 0.693. The van der Waals surface area contributed by atoms with Gasteiger partial charge in [-0.05, 0) is 59.8 Å². The monoisotopic (exact) mass is 526 g/mol. The van der Waals surface area contributed by atoms with Crippen LogP contribution in [-0.2, 0) is 4.79 Å². The van der Waals surface area contributed by atoms with E-state index in [1.807, 2.05) is 45.0 Å². The molecule has 3 amide bonds. The molecule has 11 heteroatoms. The minimum atomic E-state index is -1.17. The lowest BCUT2D eigenvalue weighted by atomic mass is 10.0. The molecule has 196 valence electrons. The Balaban J connectivity index is 2.17. The molecule has 0 spiro atoms. The van der Waals surface area contributed by atoms with Gasteiger partial charge in [0.2, 0.25) is 5.91 Å². The molecule has 1 aromatic heterocycles. The number of nitrogens with two attached hydrogens (primary N) is 2. The summed E-state index contributed by atoms with van der Waals surface area (Å²) < 4.78 is 18.3. The van der Waals surface area contributed by atoms with E-state index in [0.29, 0.717) is 29.6 Å². The van der Waals surface area contributed by atoms with Crippen molar-refractivity contribution in [2.75, 3.05) is 36.2 Å². The maximum absolute atomic E-state index is 14.3. The Kier molecular flexibility index (Phi) is 8.82.